The molecule has 2 nitrogen and oxygen atoms in total. The molecule has 0 bridgehead atoms. The summed E-state index contributed by atoms with van der Waals surface area (Å²) >= 11 is 0. The predicted octanol–water partition coefficient (Wildman–Crippen LogP) is 4.89. The molecule has 3 aromatic rings. The fourth-order valence-corrected chi connectivity index (χ4v) is 3.73. The van der Waals surface area contributed by atoms with Crippen LogP contribution in [0.5, 0.6) is 0 Å². The second-order valence-electron chi connectivity index (χ2n) is 7.31. The van der Waals surface area contributed by atoms with E-state index < -0.39 is 0 Å². The number of hydrogen-bond donors (Lipinski definition) is 1. The van der Waals surface area contributed by atoms with Gasteiger partial charge in [0.1, 0.15) is 0 Å². The predicted molar refractivity (Wildman–Crippen MR) is 107 cm³/mol. The molecule has 0 saturated heterocycles. The van der Waals surface area contributed by atoms with Crippen molar-refractivity contribution >= 4 is 16.7 Å². The highest BCUT2D eigenvalue weighted by atomic mass is 16.1. The van der Waals surface area contributed by atoms with Gasteiger partial charge in [-0.05, 0) is 53.1 Å². The van der Waals surface area contributed by atoms with Crippen LogP contribution in [-0.4, -0.2) is 12.5 Å². The van der Waals surface area contributed by atoms with Crippen LogP contribution < -0.4 is 5.32 Å². The lowest BCUT2D eigenvalue weighted by Crippen LogP contribution is -2.35. The third-order valence-corrected chi connectivity index (χ3v) is 5.43. The molecule has 2 heteroatoms. The molecule has 1 aliphatic rings. The molecule has 0 aromatic heterocycles. The summed E-state index contributed by atoms with van der Waals surface area (Å²) in [7, 11) is 0. The Morgan fingerprint density at radius 1 is 0.923 bits per heavy atom. The van der Waals surface area contributed by atoms with E-state index in [2.05, 4.69) is 72.0 Å². The maximum Gasteiger partial charge on any atom is 0.223 e. The zero-order valence-electron chi connectivity index (χ0n) is 15.1. The van der Waals surface area contributed by atoms with Crippen LogP contribution in [0.4, 0.5) is 0 Å². The Balaban J connectivity index is 1.52. The van der Waals surface area contributed by atoms with Gasteiger partial charge in [0.2, 0.25) is 5.91 Å². The number of hydrogen-bond acceptors (Lipinski definition) is 1. The van der Waals surface area contributed by atoms with Crippen molar-refractivity contribution < 1.29 is 4.79 Å². The third kappa shape index (κ3) is 3.80. The Kier molecular flexibility index (Phi) is 5.01. The average Bonchev–Trinajstić information content (AvgIpc) is 2.61. The Morgan fingerprint density at radius 3 is 2.46 bits per heavy atom. The molecule has 1 N–H and O–H groups in total. The minimum absolute atomic E-state index is 0.237. The SMILES string of the molecule is O=C(NCCc1cc(Cc2ccccc2)cc2ccccc12)C1CCC1. The summed E-state index contributed by atoms with van der Waals surface area (Å²) < 4.78 is 0. The summed E-state index contributed by atoms with van der Waals surface area (Å²) in [5.41, 5.74) is 3.98. The largest absolute Gasteiger partial charge is 0.356 e. The number of carbonyl (C=O) groups excluding carboxylic acids is 1. The minimum Gasteiger partial charge on any atom is -0.356 e. The van der Waals surface area contributed by atoms with E-state index in [1.807, 2.05) is 0 Å². The van der Waals surface area contributed by atoms with E-state index in [1.165, 1.54) is 33.9 Å². The molecule has 1 fully saturated rings. The van der Waals surface area contributed by atoms with Gasteiger partial charge in [0.05, 0.1) is 0 Å². The van der Waals surface area contributed by atoms with Crippen LogP contribution in [-0.2, 0) is 17.6 Å². The highest BCUT2D eigenvalue weighted by molar-refractivity contribution is 5.86. The highest BCUT2D eigenvalue weighted by Gasteiger charge is 2.24. The standard InChI is InChI=1S/C24H25NO/c26-24(20-10-6-11-20)25-14-13-22-17-19(15-18-7-2-1-3-8-18)16-21-9-4-5-12-23(21)22/h1-5,7-9,12,16-17,20H,6,10-11,13-15H2,(H,25,26). The number of fused-ring (bicyclic) bond motifs is 1. The van der Waals surface area contributed by atoms with Crippen LogP contribution in [0.3, 0.4) is 0 Å². The minimum atomic E-state index is 0.237. The van der Waals surface area contributed by atoms with Crippen molar-refractivity contribution in [1.29, 1.82) is 0 Å². The molecule has 0 atom stereocenters. The molecule has 0 unspecified atom stereocenters. The topological polar surface area (TPSA) is 29.1 Å². The molecule has 1 aliphatic carbocycles. The summed E-state index contributed by atoms with van der Waals surface area (Å²) in [6.07, 6.45) is 5.13. The van der Waals surface area contributed by atoms with E-state index in [0.717, 1.165) is 25.7 Å². The highest BCUT2D eigenvalue weighted by Crippen LogP contribution is 2.26. The maximum absolute atomic E-state index is 12.1. The van der Waals surface area contributed by atoms with Gasteiger partial charge in [-0.3, -0.25) is 4.79 Å². The molecular formula is C24H25NO. The van der Waals surface area contributed by atoms with E-state index in [4.69, 9.17) is 0 Å². The number of rotatable bonds is 6. The first kappa shape index (κ1) is 16.8. The van der Waals surface area contributed by atoms with Crippen LogP contribution in [0.2, 0.25) is 0 Å². The van der Waals surface area contributed by atoms with Gasteiger partial charge < -0.3 is 5.32 Å². The van der Waals surface area contributed by atoms with Gasteiger partial charge in [0, 0.05) is 12.5 Å². The number of amides is 1. The van der Waals surface area contributed by atoms with Crippen molar-refractivity contribution in [1.82, 2.24) is 5.32 Å². The van der Waals surface area contributed by atoms with Gasteiger partial charge in [0.25, 0.3) is 0 Å². The molecule has 1 saturated carbocycles. The molecule has 4 rings (SSSR count). The smallest absolute Gasteiger partial charge is 0.223 e. The van der Waals surface area contributed by atoms with E-state index in [-0.39, 0.29) is 11.8 Å². The molecule has 0 heterocycles. The lowest BCUT2D eigenvalue weighted by molar-refractivity contribution is -0.127. The zero-order valence-corrected chi connectivity index (χ0v) is 15.1. The van der Waals surface area contributed by atoms with Crippen LogP contribution in [0.25, 0.3) is 10.8 Å². The van der Waals surface area contributed by atoms with Gasteiger partial charge in [-0.2, -0.15) is 0 Å². The lowest BCUT2D eigenvalue weighted by Gasteiger charge is -2.24. The third-order valence-electron chi connectivity index (χ3n) is 5.43. The Morgan fingerprint density at radius 2 is 1.69 bits per heavy atom. The van der Waals surface area contributed by atoms with Gasteiger partial charge >= 0.3 is 0 Å². The maximum atomic E-state index is 12.1. The summed E-state index contributed by atoms with van der Waals surface area (Å²) in [6, 6.07) is 23.7. The van der Waals surface area contributed by atoms with E-state index in [1.54, 1.807) is 0 Å². The van der Waals surface area contributed by atoms with Crippen molar-refractivity contribution in [2.45, 2.75) is 32.1 Å². The van der Waals surface area contributed by atoms with Crippen molar-refractivity contribution in [3.63, 3.8) is 0 Å². The lowest BCUT2D eigenvalue weighted by atomic mass is 9.85. The van der Waals surface area contributed by atoms with Crippen molar-refractivity contribution in [3.8, 4) is 0 Å². The molecule has 3 aromatic carbocycles. The van der Waals surface area contributed by atoms with Gasteiger partial charge in [-0.15, -0.1) is 0 Å². The van der Waals surface area contributed by atoms with Crippen LogP contribution in [0.15, 0.2) is 66.7 Å². The Hall–Kier alpha value is -2.61. The van der Waals surface area contributed by atoms with Crippen molar-refractivity contribution in [2.75, 3.05) is 6.54 Å². The monoisotopic (exact) mass is 343 g/mol. The normalized spacial score (nSPS) is 14.2. The number of nitrogens with one attached hydrogen (secondary N) is 1. The second kappa shape index (κ2) is 7.74. The van der Waals surface area contributed by atoms with Gasteiger partial charge in [-0.1, -0.05) is 73.2 Å². The average molecular weight is 343 g/mol. The second-order valence-corrected chi connectivity index (χ2v) is 7.31. The summed E-state index contributed by atoms with van der Waals surface area (Å²) in [5.74, 6) is 0.497. The quantitative estimate of drug-likeness (QED) is 0.678. The van der Waals surface area contributed by atoms with Crippen LogP contribution in [0.1, 0.15) is 36.0 Å². The molecule has 132 valence electrons. The van der Waals surface area contributed by atoms with Gasteiger partial charge in [-0.25, -0.2) is 0 Å². The molecular weight excluding hydrogens is 318 g/mol. The summed E-state index contributed by atoms with van der Waals surface area (Å²) in [4.78, 5) is 12.1. The number of benzene rings is 3. The van der Waals surface area contributed by atoms with E-state index in [0.29, 0.717) is 6.54 Å². The van der Waals surface area contributed by atoms with Crippen LogP contribution >= 0.6 is 0 Å². The first-order chi connectivity index (χ1) is 12.8. The fraction of sp³-hybridized carbons (Fsp3) is 0.292. The van der Waals surface area contributed by atoms with E-state index in [9.17, 15) is 4.79 Å². The Bertz CT molecular complexity index is 896. The van der Waals surface area contributed by atoms with Crippen molar-refractivity contribution in [2.24, 2.45) is 5.92 Å². The molecule has 0 spiro atoms. The molecule has 0 aliphatic heterocycles. The number of carbonyl (C=O) groups is 1. The first-order valence-corrected chi connectivity index (χ1v) is 9.62. The molecule has 1 amide bonds. The molecule has 0 radical (unpaired) electrons. The Labute approximate surface area is 155 Å². The van der Waals surface area contributed by atoms with Gasteiger partial charge in [0.15, 0.2) is 0 Å². The zero-order chi connectivity index (χ0) is 17.8. The van der Waals surface area contributed by atoms with E-state index >= 15 is 0 Å². The van der Waals surface area contributed by atoms with Crippen molar-refractivity contribution in [3.05, 3.63) is 83.4 Å². The fourth-order valence-electron chi connectivity index (χ4n) is 3.73. The summed E-state index contributed by atoms with van der Waals surface area (Å²) in [5, 5.41) is 5.70. The van der Waals surface area contributed by atoms with Crippen LogP contribution in [0, 0.1) is 5.92 Å². The summed E-state index contributed by atoms with van der Waals surface area (Å²) in [6.45, 7) is 0.716. The molecule has 26 heavy (non-hydrogen) atoms. The first-order valence-electron chi connectivity index (χ1n) is 9.62.